The van der Waals surface area contributed by atoms with E-state index in [4.69, 9.17) is 9.47 Å². The zero-order valence-corrected chi connectivity index (χ0v) is 16.9. The molecule has 1 fully saturated rings. The average molecular weight is 421 g/mol. The van der Waals surface area contributed by atoms with Gasteiger partial charge in [0.2, 0.25) is 10.0 Å². The molecule has 0 saturated carbocycles. The van der Waals surface area contributed by atoms with Gasteiger partial charge in [0.15, 0.2) is 0 Å². The molecule has 0 bridgehead atoms. The Morgan fingerprint density at radius 2 is 1.59 bits per heavy atom. The maximum absolute atomic E-state index is 12.8. The fourth-order valence-electron chi connectivity index (χ4n) is 3.10. The Morgan fingerprint density at radius 3 is 2.24 bits per heavy atom. The van der Waals surface area contributed by atoms with Crippen LogP contribution in [-0.2, 0) is 26.0 Å². The van der Waals surface area contributed by atoms with Crippen molar-refractivity contribution in [3.8, 4) is 5.75 Å². The third kappa shape index (κ3) is 6.01. The fourth-order valence-corrected chi connectivity index (χ4v) is 4.61. The van der Waals surface area contributed by atoms with Gasteiger partial charge < -0.3 is 9.47 Å². The van der Waals surface area contributed by atoms with Crippen LogP contribution in [0.4, 0.5) is 4.39 Å². The molecule has 0 spiro atoms. The molecule has 156 valence electrons. The summed E-state index contributed by atoms with van der Waals surface area (Å²) in [6.45, 7) is 1.33. The lowest BCUT2D eigenvalue weighted by Crippen LogP contribution is -2.35. The summed E-state index contributed by atoms with van der Waals surface area (Å²) < 4.78 is 50.1. The van der Waals surface area contributed by atoms with Crippen LogP contribution >= 0.6 is 0 Å². The van der Waals surface area contributed by atoms with E-state index in [0.29, 0.717) is 24.4 Å². The molecule has 2 aromatic carbocycles. The summed E-state index contributed by atoms with van der Waals surface area (Å²) in [5, 5.41) is 0. The lowest BCUT2D eigenvalue weighted by Gasteiger charge is -2.25. The van der Waals surface area contributed by atoms with Gasteiger partial charge in [-0.3, -0.25) is 4.79 Å². The van der Waals surface area contributed by atoms with Gasteiger partial charge in [-0.1, -0.05) is 18.6 Å². The standard InChI is InChI=1S/C21H24FNO5S/c22-18-6-8-19(9-7-18)27-14-15-28-21(24)16-17-4-10-20(11-5-17)29(25,26)23-12-2-1-3-13-23/h4-11H,1-3,12-16H2. The van der Waals surface area contributed by atoms with Gasteiger partial charge in [-0.05, 0) is 54.8 Å². The number of piperidine rings is 1. The highest BCUT2D eigenvalue weighted by Crippen LogP contribution is 2.21. The number of carbonyl (C=O) groups is 1. The Morgan fingerprint density at radius 1 is 0.931 bits per heavy atom. The van der Waals surface area contributed by atoms with Crippen LogP contribution in [0.1, 0.15) is 24.8 Å². The van der Waals surface area contributed by atoms with Gasteiger partial charge in [-0.15, -0.1) is 0 Å². The summed E-state index contributed by atoms with van der Waals surface area (Å²) >= 11 is 0. The average Bonchev–Trinajstić information content (AvgIpc) is 2.73. The normalized spacial score (nSPS) is 15.1. The second-order valence-electron chi connectivity index (χ2n) is 6.81. The topological polar surface area (TPSA) is 72.9 Å². The zero-order valence-electron chi connectivity index (χ0n) is 16.1. The summed E-state index contributed by atoms with van der Waals surface area (Å²) in [6.07, 6.45) is 2.87. The van der Waals surface area contributed by atoms with Gasteiger partial charge >= 0.3 is 5.97 Å². The summed E-state index contributed by atoms with van der Waals surface area (Å²) in [7, 11) is -3.48. The summed E-state index contributed by atoms with van der Waals surface area (Å²) in [5.41, 5.74) is 0.673. The molecule has 0 N–H and O–H groups in total. The van der Waals surface area contributed by atoms with E-state index in [-0.39, 0.29) is 30.3 Å². The van der Waals surface area contributed by atoms with Crippen molar-refractivity contribution in [2.75, 3.05) is 26.3 Å². The maximum Gasteiger partial charge on any atom is 0.310 e. The molecule has 0 aliphatic carbocycles. The number of esters is 1. The van der Waals surface area contributed by atoms with Crippen LogP contribution in [0, 0.1) is 5.82 Å². The van der Waals surface area contributed by atoms with E-state index in [1.807, 2.05) is 0 Å². The number of sulfonamides is 1. The van der Waals surface area contributed by atoms with Crippen LogP contribution in [0.5, 0.6) is 5.75 Å². The van der Waals surface area contributed by atoms with Crippen molar-refractivity contribution >= 4 is 16.0 Å². The summed E-state index contributed by atoms with van der Waals surface area (Å²) in [6, 6.07) is 11.9. The molecule has 1 saturated heterocycles. The number of benzene rings is 2. The Hall–Kier alpha value is -2.45. The molecule has 1 aliphatic rings. The Kier molecular flexibility index (Phi) is 7.22. The van der Waals surface area contributed by atoms with Crippen molar-refractivity contribution in [3.63, 3.8) is 0 Å². The number of rotatable bonds is 8. The molecule has 1 heterocycles. The number of hydrogen-bond donors (Lipinski definition) is 0. The second-order valence-corrected chi connectivity index (χ2v) is 8.75. The molecule has 0 radical (unpaired) electrons. The second kappa shape index (κ2) is 9.84. The van der Waals surface area contributed by atoms with Crippen LogP contribution in [0.25, 0.3) is 0 Å². The summed E-state index contributed by atoms with van der Waals surface area (Å²) in [4.78, 5) is 12.2. The van der Waals surface area contributed by atoms with E-state index in [1.54, 1.807) is 12.1 Å². The predicted octanol–water partition coefficient (Wildman–Crippen LogP) is 3.17. The van der Waals surface area contributed by atoms with Crippen molar-refractivity contribution in [3.05, 3.63) is 59.9 Å². The van der Waals surface area contributed by atoms with Gasteiger partial charge in [-0.25, -0.2) is 12.8 Å². The minimum absolute atomic E-state index is 0.0423. The van der Waals surface area contributed by atoms with Crippen LogP contribution in [0.3, 0.4) is 0 Å². The van der Waals surface area contributed by atoms with E-state index >= 15 is 0 Å². The van der Waals surface area contributed by atoms with Crippen LogP contribution < -0.4 is 4.74 Å². The molecule has 0 amide bonds. The quantitative estimate of drug-likeness (QED) is 0.484. The van der Waals surface area contributed by atoms with Crippen molar-refractivity contribution in [2.45, 2.75) is 30.6 Å². The van der Waals surface area contributed by atoms with E-state index < -0.39 is 16.0 Å². The highest BCUT2D eigenvalue weighted by atomic mass is 32.2. The number of carbonyl (C=O) groups excluding carboxylic acids is 1. The van der Waals surface area contributed by atoms with Gasteiger partial charge in [-0.2, -0.15) is 4.31 Å². The largest absolute Gasteiger partial charge is 0.490 e. The van der Waals surface area contributed by atoms with E-state index in [2.05, 4.69) is 0 Å². The minimum atomic E-state index is -3.48. The fraction of sp³-hybridized carbons (Fsp3) is 0.381. The van der Waals surface area contributed by atoms with Gasteiger partial charge in [0.1, 0.15) is 24.8 Å². The van der Waals surface area contributed by atoms with Gasteiger partial charge in [0.05, 0.1) is 11.3 Å². The van der Waals surface area contributed by atoms with Crippen LogP contribution in [-0.4, -0.2) is 45.0 Å². The van der Waals surface area contributed by atoms with Crippen molar-refractivity contribution in [2.24, 2.45) is 0 Å². The molecule has 1 aliphatic heterocycles. The number of nitrogens with zero attached hydrogens (tertiary/aromatic N) is 1. The number of halogens is 1. The van der Waals surface area contributed by atoms with Crippen molar-refractivity contribution in [1.29, 1.82) is 0 Å². The Balaban J connectivity index is 1.45. The van der Waals surface area contributed by atoms with Gasteiger partial charge in [0, 0.05) is 13.1 Å². The highest BCUT2D eigenvalue weighted by Gasteiger charge is 2.25. The molecular weight excluding hydrogens is 397 g/mol. The molecular formula is C21H24FNO5S. The first-order valence-corrected chi connectivity index (χ1v) is 11.0. The molecule has 0 aromatic heterocycles. The molecule has 6 nitrogen and oxygen atoms in total. The molecule has 29 heavy (non-hydrogen) atoms. The molecule has 0 atom stereocenters. The Labute approximate surface area is 170 Å². The first kappa shape index (κ1) is 21.3. The first-order chi connectivity index (χ1) is 13.9. The predicted molar refractivity (Wildman–Crippen MR) is 106 cm³/mol. The minimum Gasteiger partial charge on any atom is -0.490 e. The lowest BCUT2D eigenvalue weighted by molar-refractivity contribution is -0.143. The maximum atomic E-state index is 12.8. The van der Waals surface area contributed by atoms with Crippen molar-refractivity contribution < 1.29 is 27.1 Å². The number of hydrogen-bond acceptors (Lipinski definition) is 5. The smallest absolute Gasteiger partial charge is 0.310 e. The highest BCUT2D eigenvalue weighted by molar-refractivity contribution is 7.89. The third-order valence-corrected chi connectivity index (χ3v) is 6.57. The van der Waals surface area contributed by atoms with Crippen LogP contribution in [0.15, 0.2) is 53.4 Å². The third-order valence-electron chi connectivity index (χ3n) is 4.65. The van der Waals surface area contributed by atoms with Crippen LogP contribution in [0.2, 0.25) is 0 Å². The molecule has 0 unspecified atom stereocenters. The molecule has 8 heteroatoms. The monoisotopic (exact) mass is 421 g/mol. The first-order valence-electron chi connectivity index (χ1n) is 9.58. The summed E-state index contributed by atoms with van der Waals surface area (Å²) in [5.74, 6) is -0.286. The van der Waals surface area contributed by atoms with Gasteiger partial charge in [0.25, 0.3) is 0 Å². The van der Waals surface area contributed by atoms with E-state index in [9.17, 15) is 17.6 Å². The molecule has 3 rings (SSSR count). The Bertz CT molecular complexity index is 907. The number of ether oxygens (including phenoxy) is 2. The molecule has 2 aromatic rings. The lowest BCUT2D eigenvalue weighted by atomic mass is 10.1. The van der Waals surface area contributed by atoms with Crippen molar-refractivity contribution in [1.82, 2.24) is 4.31 Å². The zero-order chi connectivity index (χ0) is 20.7. The van der Waals surface area contributed by atoms with E-state index in [1.165, 1.54) is 40.7 Å². The SMILES string of the molecule is O=C(Cc1ccc(S(=O)(=O)N2CCCCC2)cc1)OCCOc1ccc(F)cc1. The van der Waals surface area contributed by atoms with E-state index in [0.717, 1.165) is 19.3 Å².